The number of hydrogen-bond acceptors (Lipinski definition) is 5. The van der Waals surface area contributed by atoms with Gasteiger partial charge in [-0.25, -0.2) is 0 Å². The maximum atomic E-state index is 5.53. The van der Waals surface area contributed by atoms with Crippen molar-refractivity contribution in [2.75, 3.05) is 20.2 Å². The molecule has 1 aromatic heterocycles. The molecule has 0 amide bonds. The number of ether oxygens (including phenoxy) is 1. The Labute approximate surface area is 122 Å². The van der Waals surface area contributed by atoms with Gasteiger partial charge < -0.3 is 14.6 Å². The second-order valence-corrected chi connectivity index (χ2v) is 6.55. The average Bonchev–Trinajstić information content (AvgIpc) is 2.72. The van der Waals surface area contributed by atoms with Gasteiger partial charge in [0.25, 0.3) is 0 Å². The zero-order chi connectivity index (χ0) is 15.2. The fourth-order valence-electron chi connectivity index (χ4n) is 1.66. The Kier molecular flexibility index (Phi) is 6.65. The molecule has 1 heterocycles. The van der Waals surface area contributed by atoms with Crippen molar-refractivity contribution in [3.05, 3.63) is 17.5 Å². The van der Waals surface area contributed by atoms with Crippen molar-refractivity contribution < 1.29 is 9.26 Å². The third kappa shape index (κ3) is 7.62. The van der Waals surface area contributed by atoms with Crippen molar-refractivity contribution in [1.29, 1.82) is 0 Å². The SMILES string of the molecule is CC(C)OCCN(C)Cc1cc(CNC(C)(C)C)no1. The molecular formula is C15H29N3O2. The van der Waals surface area contributed by atoms with Gasteiger partial charge in [0, 0.05) is 24.7 Å². The number of aromatic nitrogens is 1. The molecule has 0 aliphatic heterocycles. The summed E-state index contributed by atoms with van der Waals surface area (Å²) in [5, 5.41) is 7.48. The monoisotopic (exact) mass is 283 g/mol. The molecule has 0 saturated carbocycles. The number of rotatable bonds is 8. The first kappa shape index (κ1) is 17.1. The van der Waals surface area contributed by atoms with Crippen LogP contribution in [0.2, 0.25) is 0 Å². The minimum atomic E-state index is 0.0874. The quantitative estimate of drug-likeness (QED) is 0.794. The Bertz CT molecular complexity index is 383. The smallest absolute Gasteiger partial charge is 0.151 e. The van der Waals surface area contributed by atoms with E-state index in [4.69, 9.17) is 9.26 Å². The maximum absolute atomic E-state index is 5.53. The summed E-state index contributed by atoms with van der Waals surface area (Å²) in [5.74, 6) is 0.891. The van der Waals surface area contributed by atoms with Gasteiger partial charge >= 0.3 is 0 Å². The minimum Gasteiger partial charge on any atom is -0.377 e. The number of hydrogen-bond donors (Lipinski definition) is 1. The van der Waals surface area contributed by atoms with Gasteiger partial charge in [-0.2, -0.15) is 0 Å². The van der Waals surface area contributed by atoms with Gasteiger partial charge in [0.1, 0.15) is 0 Å². The van der Waals surface area contributed by atoms with Crippen LogP contribution in [0.1, 0.15) is 46.1 Å². The van der Waals surface area contributed by atoms with Crippen LogP contribution in [-0.4, -0.2) is 41.9 Å². The van der Waals surface area contributed by atoms with E-state index in [1.165, 1.54) is 0 Å². The lowest BCUT2D eigenvalue weighted by Gasteiger charge is -2.19. The van der Waals surface area contributed by atoms with Gasteiger partial charge in [0.2, 0.25) is 0 Å². The van der Waals surface area contributed by atoms with Gasteiger partial charge in [0.05, 0.1) is 24.9 Å². The highest BCUT2D eigenvalue weighted by atomic mass is 16.5. The lowest BCUT2D eigenvalue weighted by molar-refractivity contribution is 0.0613. The van der Waals surface area contributed by atoms with E-state index in [-0.39, 0.29) is 11.6 Å². The molecule has 20 heavy (non-hydrogen) atoms. The second kappa shape index (κ2) is 7.76. The van der Waals surface area contributed by atoms with Crippen molar-refractivity contribution >= 4 is 0 Å². The highest BCUT2D eigenvalue weighted by Gasteiger charge is 2.12. The van der Waals surface area contributed by atoms with Crippen LogP contribution in [0.25, 0.3) is 0 Å². The van der Waals surface area contributed by atoms with E-state index in [9.17, 15) is 0 Å². The first-order valence-electron chi connectivity index (χ1n) is 7.26. The van der Waals surface area contributed by atoms with Crippen molar-refractivity contribution in [3.63, 3.8) is 0 Å². The van der Waals surface area contributed by atoms with Gasteiger partial charge in [-0.3, -0.25) is 4.90 Å². The fraction of sp³-hybridized carbons (Fsp3) is 0.800. The van der Waals surface area contributed by atoms with E-state index in [0.717, 1.165) is 37.7 Å². The van der Waals surface area contributed by atoms with Gasteiger partial charge in [-0.15, -0.1) is 0 Å². The highest BCUT2D eigenvalue weighted by molar-refractivity contribution is 5.05. The summed E-state index contributed by atoms with van der Waals surface area (Å²) >= 11 is 0. The van der Waals surface area contributed by atoms with E-state index >= 15 is 0 Å². The molecule has 0 saturated heterocycles. The predicted molar refractivity (Wildman–Crippen MR) is 80.5 cm³/mol. The van der Waals surface area contributed by atoms with Crippen molar-refractivity contribution in [1.82, 2.24) is 15.4 Å². The summed E-state index contributed by atoms with van der Waals surface area (Å²) in [4.78, 5) is 2.17. The second-order valence-electron chi connectivity index (χ2n) is 6.55. The number of nitrogens with zero attached hydrogens (tertiary/aromatic N) is 2. The molecule has 0 unspecified atom stereocenters. The predicted octanol–water partition coefficient (Wildman–Crippen LogP) is 2.42. The van der Waals surface area contributed by atoms with Crippen LogP contribution < -0.4 is 5.32 Å². The lowest BCUT2D eigenvalue weighted by atomic mass is 10.1. The molecule has 1 N–H and O–H groups in total. The van der Waals surface area contributed by atoms with Crippen LogP contribution in [0.15, 0.2) is 10.6 Å². The first-order chi connectivity index (χ1) is 9.26. The third-order valence-corrected chi connectivity index (χ3v) is 2.76. The van der Waals surface area contributed by atoms with E-state index in [1.807, 2.05) is 19.9 Å². The standard InChI is InChI=1S/C15H29N3O2/c1-12(2)19-8-7-18(6)11-14-9-13(17-20-14)10-16-15(3,4)5/h9,12,16H,7-8,10-11H2,1-6H3. The molecule has 1 rings (SSSR count). The first-order valence-corrected chi connectivity index (χ1v) is 7.26. The van der Waals surface area contributed by atoms with Crippen LogP contribution >= 0.6 is 0 Å². The topological polar surface area (TPSA) is 50.5 Å². The molecule has 0 radical (unpaired) electrons. The van der Waals surface area contributed by atoms with Crippen LogP contribution in [0, 0.1) is 0 Å². The summed E-state index contributed by atoms with van der Waals surface area (Å²) < 4.78 is 10.9. The van der Waals surface area contributed by atoms with Crippen molar-refractivity contribution in [2.24, 2.45) is 0 Å². The highest BCUT2D eigenvalue weighted by Crippen LogP contribution is 2.08. The van der Waals surface area contributed by atoms with Crippen LogP contribution in [0.5, 0.6) is 0 Å². The van der Waals surface area contributed by atoms with Crippen LogP contribution in [0.4, 0.5) is 0 Å². The Balaban J connectivity index is 2.32. The molecule has 0 fully saturated rings. The van der Waals surface area contributed by atoms with Crippen LogP contribution in [-0.2, 0) is 17.8 Å². The molecule has 0 aliphatic carbocycles. The largest absolute Gasteiger partial charge is 0.377 e. The molecule has 5 heteroatoms. The van der Waals surface area contributed by atoms with Crippen molar-refractivity contribution in [3.8, 4) is 0 Å². The Morgan fingerprint density at radius 3 is 2.70 bits per heavy atom. The Morgan fingerprint density at radius 1 is 1.40 bits per heavy atom. The zero-order valence-corrected chi connectivity index (χ0v) is 13.7. The molecule has 0 spiro atoms. The summed E-state index contributed by atoms with van der Waals surface area (Å²) in [7, 11) is 2.05. The molecule has 0 atom stereocenters. The molecule has 1 aromatic rings. The summed E-state index contributed by atoms with van der Waals surface area (Å²) in [6.45, 7) is 13.6. The molecule has 116 valence electrons. The summed E-state index contributed by atoms with van der Waals surface area (Å²) in [5.41, 5.74) is 1.03. The lowest BCUT2D eigenvalue weighted by Crippen LogP contribution is -2.35. The molecular weight excluding hydrogens is 254 g/mol. The van der Waals surface area contributed by atoms with E-state index in [1.54, 1.807) is 0 Å². The van der Waals surface area contributed by atoms with E-state index in [2.05, 4.69) is 43.2 Å². The van der Waals surface area contributed by atoms with E-state index in [0.29, 0.717) is 0 Å². The molecule has 0 bridgehead atoms. The summed E-state index contributed by atoms with van der Waals surface area (Å²) in [6, 6.07) is 2.01. The molecule has 0 aromatic carbocycles. The molecule has 5 nitrogen and oxygen atoms in total. The number of nitrogens with one attached hydrogen (secondary N) is 1. The Hall–Kier alpha value is -0.910. The number of likely N-dealkylation sites (N-methyl/N-ethyl adjacent to an activating group) is 1. The van der Waals surface area contributed by atoms with Crippen molar-refractivity contribution in [2.45, 2.75) is 59.4 Å². The van der Waals surface area contributed by atoms with Crippen LogP contribution in [0.3, 0.4) is 0 Å². The van der Waals surface area contributed by atoms with Gasteiger partial charge in [-0.1, -0.05) is 5.16 Å². The maximum Gasteiger partial charge on any atom is 0.151 e. The zero-order valence-electron chi connectivity index (χ0n) is 13.7. The average molecular weight is 283 g/mol. The third-order valence-electron chi connectivity index (χ3n) is 2.76. The Morgan fingerprint density at radius 2 is 2.10 bits per heavy atom. The fourth-order valence-corrected chi connectivity index (χ4v) is 1.66. The van der Waals surface area contributed by atoms with Gasteiger partial charge in [0.15, 0.2) is 5.76 Å². The van der Waals surface area contributed by atoms with Gasteiger partial charge in [-0.05, 0) is 41.7 Å². The minimum absolute atomic E-state index is 0.0874. The summed E-state index contributed by atoms with van der Waals surface area (Å²) in [6.07, 6.45) is 0.281. The van der Waals surface area contributed by atoms with E-state index < -0.39 is 0 Å². The molecule has 0 aliphatic rings. The normalized spacial score (nSPS) is 12.6.